The predicted octanol–water partition coefficient (Wildman–Crippen LogP) is 17.8. The molecule has 0 fully saturated rings. The van der Waals surface area contributed by atoms with Gasteiger partial charge in [0.1, 0.15) is 55.6 Å². The van der Waals surface area contributed by atoms with Crippen LogP contribution in [0.1, 0.15) is 0 Å². The molecule has 0 aliphatic carbocycles. The van der Waals surface area contributed by atoms with Gasteiger partial charge in [0, 0.05) is 54.6 Å². The minimum atomic E-state index is 0.799. The number of hydrogen-bond acceptors (Lipinski definition) is 7. The number of aromatic nitrogens is 6. The Morgan fingerprint density at radius 2 is 0.766 bits per heavy atom. The molecule has 0 unspecified atom stereocenters. The fourth-order valence-corrected chi connectivity index (χ4v) is 11.5. The lowest BCUT2D eigenvalue weighted by Crippen LogP contribution is -1.97. The first-order valence-corrected chi connectivity index (χ1v) is 25.6. The summed E-state index contributed by atoms with van der Waals surface area (Å²) >= 11 is 0. The maximum absolute atomic E-state index is 6.54. The molecule has 0 amide bonds. The van der Waals surface area contributed by atoms with Crippen molar-refractivity contribution < 1.29 is 13.3 Å². The average Bonchev–Trinajstić information content (AvgIpc) is 4.35. The highest BCUT2D eigenvalue weighted by Crippen LogP contribution is 2.46. The van der Waals surface area contributed by atoms with E-state index in [-0.39, 0.29) is 0 Å². The Bertz CT molecular complexity index is 5180. The van der Waals surface area contributed by atoms with E-state index in [1.54, 1.807) is 9.59 Å². The first-order valence-electron chi connectivity index (χ1n) is 25.6. The number of fused-ring (bicyclic) bond motifs is 13. The Morgan fingerprint density at radius 1 is 0.286 bits per heavy atom. The van der Waals surface area contributed by atoms with Crippen molar-refractivity contribution in [2.24, 2.45) is 0 Å². The highest BCUT2D eigenvalue weighted by atomic mass is 16.3. The van der Waals surface area contributed by atoms with Crippen LogP contribution in [0.5, 0.6) is 0 Å². The van der Waals surface area contributed by atoms with Crippen molar-refractivity contribution in [2.45, 2.75) is 0 Å². The van der Waals surface area contributed by atoms with Gasteiger partial charge in [0.2, 0.25) is 0 Å². The quantitative estimate of drug-likeness (QED) is 0.169. The molecule has 0 bridgehead atoms. The Labute approximate surface area is 438 Å². The molecular formula is C68H40N6O3. The zero-order chi connectivity index (χ0) is 50.6. The third-order valence-electron chi connectivity index (χ3n) is 14.9. The summed E-state index contributed by atoms with van der Waals surface area (Å²) in [7, 11) is 0. The number of hydrogen-bond donors (Lipinski definition) is 0. The summed E-state index contributed by atoms with van der Waals surface area (Å²) in [6.07, 6.45) is 0. The monoisotopic (exact) mass is 988 g/mol. The van der Waals surface area contributed by atoms with Crippen LogP contribution in [0.3, 0.4) is 0 Å². The predicted molar refractivity (Wildman–Crippen MR) is 311 cm³/mol. The van der Waals surface area contributed by atoms with E-state index in [0.29, 0.717) is 0 Å². The van der Waals surface area contributed by atoms with E-state index >= 15 is 0 Å². The summed E-state index contributed by atoms with van der Waals surface area (Å²) in [5, 5.41) is 30.8. The maximum atomic E-state index is 6.54. The minimum Gasteiger partial charge on any atom is -0.456 e. The van der Waals surface area contributed by atoms with Crippen LogP contribution in [0.15, 0.2) is 256 Å². The van der Waals surface area contributed by atoms with Gasteiger partial charge in [0.15, 0.2) is 0 Å². The van der Waals surface area contributed by atoms with Crippen LogP contribution in [0, 0.1) is 0 Å². The topological polar surface area (TPSA) is 101 Å². The summed E-state index contributed by atoms with van der Waals surface area (Å²) in [6, 6.07) is 83.0. The molecule has 0 spiro atoms. The molecule has 5 heterocycles. The molecule has 0 saturated heterocycles. The molecule has 77 heavy (non-hydrogen) atoms. The number of nitrogens with zero attached hydrogens (tertiary/aromatic N) is 6. The molecule has 17 rings (SSSR count). The van der Waals surface area contributed by atoms with Crippen LogP contribution in [0.2, 0.25) is 0 Å². The summed E-state index contributed by atoms with van der Waals surface area (Å²) in [5.74, 6) is 0. The zero-order valence-corrected chi connectivity index (χ0v) is 41.0. The van der Waals surface area contributed by atoms with Crippen LogP contribution in [0.4, 0.5) is 0 Å². The van der Waals surface area contributed by atoms with E-state index in [1.165, 1.54) is 10.9 Å². The fourth-order valence-electron chi connectivity index (χ4n) is 11.5. The molecule has 5 aromatic heterocycles. The molecule has 0 radical (unpaired) electrons. The van der Waals surface area contributed by atoms with Gasteiger partial charge in [-0.1, -0.05) is 164 Å². The first kappa shape index (κ1) is 42.8. The van der Waals surface area contributed by atoms with E-state index < -0.39 is 0 Å². The van der Waals surface area contributed by atoms with Gasteiger partial charge in [0.25, 0.3) is 0 Å². The van der Waals surface area contributed by atoms with Gasteiger partial charge in [-0.3, -0.25) is 0 Å². The van der Waals surface area contributed by atoms with Crippen LogP contribution >= 0.6 is 0 Å². The normalized spacial score (nSPS) is 11.9. The molecule has 9 nitrogen and oxygen atoms in total. The summed E-state index contributed by atoms with van der Waals surface area (Å²) in [5.41, 5.74) is 16.8. The van der Waals surface area contributed by atoms with E-state index in [0.717, 1.165) is 143 Å². The van der Waals surface area contributed by atoms with Gasteiger partial charge in [0.05, 0.1) is 11.4 Å². The second kappa shape index (κ2) is 17.0. The third-order valence-corrected chi connectivity index (χ3v) is 14.9. The molecule has 9 heteroatoms. The Balaban J connectivity index is 0.000000137. The Morgan fingerprint density at radius 3 is 1.40 bits per heavy atom. The van der Waals surface area contributed by atoms with Crippen molar-refractivity contribution >= 4 is 109 Å². The Hall–Kier alpha value is -10.6. The van der Waals surface area contributed by atoms with Crippen LogP contribution < -0.4 is 0 Å². The number of para-hydroxylation sites is 6. The van der Waals surface area contributed by atoms with E-state index in [4.69, 9.17) is 28.5 Å². The van der Waals surface area contributed by atoms with Gasteiger partial charge >= 0.3 is 0 Å². The summed E-state index contributed by atoms with van der Waals surface area (Å²) < 4.78 is 19.2. The maximum Gasteiger partial charge on any atom is 0.143 e. The lowest BCUT2D eigenvalue weighted by molar-refractivity contribution is 0.669. The first-order chi connectivity index (χ1) is 38.1. The standard InChI is InChI=1S/C40H23N3O2.C28H17N3O/c1-2-12-26(13-3-1)43-41-33-22-25(37-27-14-5-4-11-24(27)23-36-38(37)31-16-7-9-20-35(31)44-36)21-32(39(33)42-43)30-18-10-17-29-28-15-6-8-19-34(28)45-40(29)30;1-2-9-20(10-3-1)31-29-23-15-14-19(16-24(23)30-31)27-21-11-5-4-8-18(21)17-26-28(27)22-12-6-7-13-25(22)32-26/h1-23H;1-17H. The van der Waals surface area contributed by atoms with Crippen molar-refractivity contribution in [1.82, 2.24) is 30.0 Å². The number of furan rings is 3. The lowest BCUT2D eigenvalue weighted by atomic mass is 9.90. The van der Waals surface area contributed by atoms with Crippen molar-refractivity contribution in [3.63, 3.8) is 0 Å². The second-order valence-corrected chi connectivity index (χ2v) is 19.4. The van der Waals surface area contributed by atoms with Gasteiger partial charge in [-0.05, 0) is 112 Å². The van der Waals surface area contributed by atoms with E-state index in [2.05, 4.69) is 145 Å². The van der Waals surface area contributed by atoms with Crippen molar-refractivity contribution in [2.75, 3.05) is 0 Å². The molecule has 0 saturated carbocycles. The van der Waals surface area contributed by atoms with Gasteiger partial charge < -0.3 is 13.3 Å². The number of benzene rings is 12. The van der Waals surface area contributed by atoms with Crippen molar-refractivity contribution in [3.05, 3.63) is 243 Å². The molecule has 0 aliphatic heterocycles. The lowest BCUT2D eigenvalue weighted by Gasteiger charge is -2.12. The minimum absolute atomic E-state index is 0.799. The number of rotatable bonds is 5. The van der Waals surface area contributed by atoms with E-state index in [1.807, 2.05) is 103 Å². The van der Waals surface area contributed by atoms with Crippen LogP contribution in [0.25, 0.3) is 154 Å². The fraction of sp³-hybridized carbons (Fsp3) is 0. The van der Waals surface area contributed by atoms with Crippen molar-refractivity contribution in [3.8, 4) is 44.8 Å². The average molecular weight is 989 g/mol. The van der Waals surface area contributed by atoms with Gasteiger partial charge in [-0.2, -0.15) is 9.59 Å². The second-order valence-electron chi connectivity index (χ2n) is 19.4. The van der Waals surface area contributed by atoms with Gasteiger partial charge in [-0.15, -0.1) is 20.4 Å². The smallest absolute Gasteiger partial charge is 0.143 e. The highest BCUT2D eigenvalue weighted by Gasteiger charge is 2.23. The Kier molecular flexibility index (Phi) is 9.43. The SMILES string of the molecule is c1ccc(-n2nc3cc(-c4c5ccccc5cc5oc6ccccc6c45)cc(-c4cccc5c4oc4ccccc45)c3n2)cc1.c1ccc(-n2nc3ccc(-c4c5ccccc5cc5oc6ccccc6c45)cc3n2)cc1. The molecule has 0 atom stereocenters. The van der Waals surface area contributed by atoms with Gasteiger partial charge in [-0.25, -0.2) is 0 Å². The molecule has 17 aromatic rings. The van der Waals surface area contributed by atoms with Crippen molar-refractivity contribution in [1.29, 1.82) is 0 Å². The molecule has 0 N–H and O–H groups in total. The summed E-state index contributed by atoms with van der Waals surface area (Å²) in [6.45, 7) is 0. The molecule has 0 aliphatic rings. The highest BCUT2D eigenvalue weighted by molar-refractivity contribution is 6.23. The van der Waals surface area contributed by atoms with Crippen LogP contribution in [-0.4, -0.2) is 30.0 Å². The van der Waals surface area contributed by atoms with Crippen LogP contribution in [-0.2, 0) is 0 Å². The summed E-state index contributed by atoms with van der Waals surface area (Å²) in [4.78, 5) is 3.42. The molecule has 360 valence electrons. The van der Waals surface area contributed by atoms with E-state index in [9.17, 15) is 0 Å². The third kappa shape index (κ3) is 6.87. The largest absolute Gasteiger partial charge is 0.456 e. The molecular weight excluding hydrogens is 949 g/mol. The zero-order valence-electron chi connectivity index (χ0n) is 41.0. The molecule has 12 aromatic carbocycles.